The average Bonchev–Trinajstić information content (AvgIpc) is 3.02. The maximum atomic E-state index is 12.5. The number of aromatic hydroxyl groups is 2. The highest BCUT2D eigenvalue weighted by Crippen LogP contribution is 2.41. The summed E-state index contributed by atoms with van der Waals surface area (Å²) < 4.78 is 32.8. The van der Waals surface area contributed by atoms with E-state index in [2.05, 4.69) is 92.6 Å². The summed E-state index contributed by atoms with van der Waals surface area (Å²) in [6, 6.07) is 13.8. The number of hydrogen-bond donors (Lipinski definition) is 3. The van der Waals surface area contributed by atoms with Crippen LogP contribution in [0.3, 0.4) is 0 Å². The van der Waals surface area contributed by atoms with E-state index in [9.17, 15) is 28.2 Å². The first-order valence-electron chi connectivity index (χ1n) is 18.2. The molecule has 0 aliphatic carbocycles. The zero-order valence-corrected chi connectivity index (χ0v) is 35.2. The van der Waals surface area contributed by atoms with Gasteiger partial charge in [0.25, 0.3) is 10.1 Å². The third kappa shape index (κ3) is 13.2. The molecule has 3 rings (SSSR count). The van der Waals surface area contributed by atoms with Gasteiger partial charge in [-0.05, 0) is 99.1 Å². The van der Waals surface area contributed by atoms with E-state index < -0.39 is 10.1 Å². The summed E-state index contributed by atoms with van der Waals surface area (Å²) in [7, 11) is -2.66. The monoisotopic (exact) mass is 753 g/mol. The number of amides is 1. The second kappa shape index (κ2) is 17.5. The standard InChI is InChI=1S/C24H33NO5S.C19H30O3/c1-23(2,3)19-14-16(15-20(22(19)27)24(4,5)6)8-13-21(26)25-17-9-11-18(12-10-17)31(28,29)30-7;1-8-22-16(20)10-9-13-11-14(18(2,3)4)17(21)15(12-13)19(5,6)7/h9-12,14-15,27H,8,13H2,1-7H3,(H,25,26);11-12,21H,8-10H2,1-7H3. The zero-order valence-electron chi connectivity index (χ0n) is 34.4. The number of rotatable bonds is 10. The summed E-state index contributed by atoms with van der Waals surface area (Å²) in [5.74, 6) is 0.342. The molecule has 0 saturated carbocycles. The van der Waals surface area contributed by atoms with Crippen LogP contribution in [0.5, 0.6) is 11.5 Å². The van der Waals surface area contributed by atoms with Gasteiger partial charge < -0.3 is 20.3 Å². The minimum Gasteiger partial charge on any atom is -0.507 e. The Labute approximate surface area is 318 Å². The summed E-state index contributed by atoms with van der Waals surface area (Å²) >= 11 is 0. The quantitative estimate of drug-likeness (QED) is 0.138. The number of aryl methyl sites for hydroxylation is 2. The highest BCUT2D eigenvalue weighted by Gasteiger charge is 2.28. The van der Waals surface area contributed by atoms with Crippen molar-refractivity contribution in [2.24, 2.45) is 0 Å². The largest absolute Gasteiger partial charge is 0.507 e. The Morgan fingerprint density at radius 1 is 0.642 bits per heavy atom. The minimum absolute atomic E-state index is 0.0292. The van der Waals surface area contributed by atoms with Crippen LogP contribution in [0.1, 0.15) is 136 Å². The number of phenols is 2. The molecule has 0 saturated heterocycles. The van der Waals surface area contributed by atoms with Gasteiger partial charge in [0.2, 0.25) is 5.91 Å². The lowest BCUT2D eigenvalue weighted by Crippen LogP contribution is -2.18. The Hall–Kier alpha value is -3.89. The van der Waals surface area contributed by atoms with E-state index in [-0.39, 0.29) is 44.9 Å². The predicted molar refractivity (Wildman–Crippen MR) is 214 cm³/mol. The first-order chi connectivity index (χ1) is 24.1. The number of carbonyl (C=O) groups excluding carboxylic acids is 2. The highest BCUT2D eigenvalue weighted by molar-refractivity contribution is 7.86. The van der Waals surface area contributed by atoms with Crippen molar-refractivity contribution >= 4 is 27.7 Å². The van der Waals surface area contributed by atoms with E-state index in [1.807, 2.05) is 31.2 Å². The van der Waals surface area contributed by atoms with Crippen LogP contribution in [0.15, 0.2) is 53.4 Å². The van der Waals surface area contributed by atoms with Crippen molar-refractivity contribution in [1.29, 1.82) is 0 Å². The summed E-state index contributed by atoms with van der Waals surface area (Å²) in [6.07, 6.45) is 1.78. The molecule has 0 radical (unpaired) electrons. The van der Waals surface area contributed by atoms with Crippen LogP contribution in [0.25, 0.3) is 0 Å². The van der Waals surface area contributed by atoms with Gasteiger partial charge in [-0.15, -0.1) is 0 Å². The predicted octanol–water partition coefficient (Wildman–Crippen LogP) is 9.38. The average molecular weight is 754 g/mol. The number of anilines is 1. The number of carbonyl (C=O) groups is 2. The van der Waals surface area contributed by atoms with Crippen molar-refractivity contribution in [3.05, 3.63) is 81.9 Å². The molecule has 3 aromatic rings. The fourth-order valence-electron chi connectivity index (χ4n) is 5.73. The molecule has 3 aromatic carbocycles. The van der Waals surface area contributed by atoms with Gasteiger partial charge in [-0.1, -0.05) is 107 Å². The lowest BCUT2D eigenvalue weighted by Gasteiger charge is -2.28. The molecule has 0 bridgehead atoms. The van der Waals surface area contributed by atoms with Crippen LogP contribution in [0.4, 0.5) is 5.69 Å². The molecule has 0 fully saturated rings. The van der Waals surface area contributed by atoms with Crippen LogP contribution in [0, 0.1) is 0 Å². The molecule has 0 heterocycles. The first-order valence-corrected chi connectivity index (χ1v) is 19.6. The number of nitrogens with one attached hydrogen (secondary N) is 1. The molecule has 0 spiro atoms. The lowest BCUT2D eigenvalue weighted by atomic mass is 9.78. The van der Waals surface area contributed by atoms with Crippen molar-refractivity contribution in [3.8, 4) is 11.5 Å². The normalized spacial score (nSPS) is 12.5. The third-order valence-electron chi connectivity index (χ3n) is 8.78. The van der Waals surface area contributed by atoms with Crippen LogP contribution in [0.2, 0.25) is 0 Å². The lowest BCUT2D eigenvalue weighted by molar-refractivity contribution is -0.143. The van der Waals surface area contributed by atoms with Gasteiger partial charge in [0.15, 0.2) is 0 Å². The molecule has 294 valence electrons. The van der Waals surface area contributed by atoms with Crippen molar-refractivity contribution in [1.82, 2.24) is 0 Å². The van der Waals surface area contributed by atoms with E-state index in [0.717, 1.165) is 40.5 Å². The van der Waals surface area contributed by atoms with E-state index in [0.29, 0.717) is 43.1 Å². The Morgan fingerprint density at radius 3 is 1.32 bits per heavy atom. The summed E-state index contributed by atoms with van der Waals surface area (Å²) in [4.78, 5) is 24.1. The molecular formula is C43H63NO8S. The maximum absolute atomic E-state index is 12.5. The van der Waals surface area contributed by atoms with E-state index in [1.54, 1.807) is 0 Å². The molecule has 0 aromatic heterocycles. The van der Waals surface area contributed by atoms with Crippen molar-refractivity contribution in [3.63, 3.8) is 0 Å². The van der Waals surface area contributed by atoms with E-state index >= 15 is 0 Å². The van der Waals surface area contributed by atoms with Crippen LogP contribution in [-0.4, -0.2) is 44.2 Å². The molecule has 0 unspecified atom stereocenters. The van der Waals surface area contributed by atoms with Gasteiger partial charge in [-0.3, -0.25) is 13.8 Å². The van der Waals surface area contributed by atoms with Gasteiger partial charge in [0.05, 0.1) is 18.6 Å². The van der Waals surface area contributed by atoms with Crippen LogP contribution in [-0.2, 0) is 63.1 Å². The number of hydrogen-bond acceptors (Lipinski definition) is 8. The molecule has 1 amide bonds. The molecular weight excluding hydrogens is 691 g/mol. The number of esters is 1. The van der Waals surface area contributed by atoms with E-state index in [1.165, 1.54) is 24.3 Å². The van der Waals surface area contributed by atoms with Crippen molar-refractivity contribution < 1.29 is 37.1 Å². The Kier molecular flexibility index (Phi) is 14.9. The molecule has 0 aliphatic rings. The molecule has 53 heavy (non-hydrogen) atoms. The van der Waals surface area contributed by atoms with Gasteiger partial charge >= 0.3 is 5.97 Å². The van der Waals surface area contributed by atoms with Gasteiger partial charge in [-0.25, -0.2) is 0 Å². The van der Waals surface area contributed by atoms with Gasteiger partial charge in [0, 0.05) is 18.5 Å². The van der Waals surface area contributed by atoms with Gasteiger partial charge in [-0.2, -0.15) is 8.42 Å². The van der Waals surface area contributed by atoms with Crippen molar-refractivity contribution in [2.75, 3.05) is 19.0 Å². The molecule has 10 heteroatoms. The number of benzene rings is 3. The molecule has 9 nitrogen and oxygen atoms in total. The summed E-state index contributed by atoms with van der Waals surface area (Å²) in [5.41, 5.74) is 5.41. The highest BCUT2D eigenvalue weighted by atomic mass is 32.2. The van der Waals surface area contributed by atoms with Crippen LogP contribution >= 0.6 is 0 Å². The zero-order chi connectivity index (χ0) is 40.7. The van der Waals surface area contributed by atoms with Crippen molar-refractivity contribution in [2.45, 2.75) is 142 Å². The maximum Gasteiger partial charge on any atom is 0.306 e. The summed E-state index contributed by atoms with van der Waals surface area (Å²) in [6.45, 7) is 27.1. The van der Waals surface area contributed by atoms with E-state index in [4.69, 9.17) is 4.74 Å². The molecule has 0 aliphatic heterocycles. The number of phenolic OH excluding ortho intramolecular Hbond substituents is 2. The fourth-order valence-corrected chi connectivity index (χ4v) is 6.39. The van der Waals surface area contributed by atoms with Gasteiger partial charge in [0.1, 0.15) is 11.5 Å². The minimum atomic E-state index is -3.76. The fraction of sp³-hybridized carbons (Fsp3) is 0.535. The summed E-state index contributed by atoms with van der Waals surface area (Å²) in [5, 5.41) is 24.3. The molecule has 0 atom stereocenters. The topological polar surface area (TPSA) is 139 Å². The Morgan fingerprint density at radius 2 is 1.00 bits per heavy atom. The smallest absolute Gasteiger partial charge is 0.306 e. The second-order valence-corrected chi connectivity index (χ2v) is 19.3. The third-order valence-corrected chi connectivity index (χ3v) is 10.1. The molecule has 3 N–H and O–H groups in total. The second-order valence-electron chi connectivity index (χ2n) is 17.6. The SMILES string of the molecule is CCOC(=O)CCc1cc(C(C)(C)C)c(O)c(C(C)(C)C)c1.COS(=O)(=O)c1ccc(NC(=O)CCc2cc(C(C)(C)C)c(O)c(C(C)(C)C)c2)cc1. The Bertz CT molecular complexity index is 1760. The van der Waals surface area contributed by atoms with Crippen LogP contribution < -0.4 is 5.32 Å². The Balaban J connectivity index is 0.000000390. The first kappa shape index (κ1) is 45.3. The number of ether oxygens (including phenoxy) is 1.